The molecule has 0 spiro atoms. The maximum Gasteiger partial charge on any atom is 0.269 e. The SMILES string of the molecule is O=C(NCC1CCC1)c1[nH]ncc1-c1ccncc1. The lowest BCUT2D eigenvalue weighted by Crippen LogP contribution is -2.32. The van der Waals surface area contributed by atoms with Crippen LogP contribution < -0.4 is 5.32 Å². The van der Waals surface area contributed by atoms with Crippen LogP contribution in [0.2, 0.25) is 0 Å². The minimum atomic E-state index is -0.0868. The summed E-state index contributed by atoms with van der Waals surface area (Å²) in [5.74, 6) is 0.562. The van der Waals surface area contributed by atoms with Gasteiger partial charge in [0.05, 0.1) is 6.20 Å². The van der Waals surface area contributed by atoms with E-state index in [1.54, 1.807) is 18.6 Å². The van der Waals surface area contributed by atoms with Crippen LogP contribution >= 0.6 is 0 Å². The Morgan fingerprint density at radius 1 is 1.37 bits per heavy atom. The van der Waals surface area contributed by atoms with Gasteiger partial charge in [0.25, 0.3) is 5.91 Å². The van der Waals surface area contributed by atoms with Crippen LogP contribution in [-0.4, -0.2) is 27.6 Å². The lowest BCUT2D eigenvalue weighted by Gasteiger charge is -2.25. The van der Waals surface area contributed by atoms with Crippen LogP contribution in [0.4, 0.5) is 0 Å². The summed E-state index contributed by atoms with van der Waals surface area (Å²) in [6.45, 7) is 0.758. The topological polar surface area (TPSA) is 70.7 Å². The molecule has 0 bridgehead atoms. The smallest absolute Gasteiger partial charge is 0.269 e. The fourth-order valence-electron chi connectivity index (χ4n) is 2.23. The molecule has 1 amide bonds. The molecule has 0 atom stereocenters. The molecule has 1 saturated carbocycles. The molecule has 2 aromatic rings. The molecule has 1 fully saturated rings. The summed E-state index contributed by atoms with van der Waals surface area (Å²) in [4.78, 5) is 16.1. The highest BCUT2D eigenvalue weighted by atomic mass is 16.1. The molecule has 0 radical (unpaired) electrons. The van der Waals surface area contributed by atoms with Gasteiger partial charge in [-0.3, -0.25) is 14.9 Å². The van der Waals surface area contributed by atoms with E-state index in [-0.39, 0.29) is 5.91 Å². The van der Waals surface area contributed by atoms with E-state index in [2.05, 4.69) is 20.5 Å². The van der Waals surface area contributed by atoms with E-state index in [0.717, 1.165) is 17.7 Å². The first kappa shape index (κ1) is 11.9. The maximum atomic E-state index is 12.1. The third kappa shape index (κ3) is 2.50. The van der Waals surface area contributed by atoms with E-state index >= 15 is 0 Å². The summed E-state index contributed by atoms with van der Waals surface area (Å²) in [6.07, 6.45) is 8.82. The molecule has 1 aliphatic carbocycles. The quantitative estimate of drug-likeness (QED) is 0.879. The minimum Gasteiger partial charge on any atom is -0.350 e. The predicted molar refractivity (Wildman–Crippen MR) is 71.5 cm³/mol. The zero-order chi connectivity index (χ0) is 13.1. The number of hydrogen-bond acceptors (Lipinski definition) is 3. The van der Waals surface area contributed by atoms with Crippen molar-refractivity contribution in [3.05, 3.63) is 36.4 Å². The molecule has 0 unspecified atom stereocenters. The Hall–Kier alpha value is -2.17. The summed E-state index contributed by atoms with van der Waals surface area (Å²) in [5, 5.41) is 9.73. The van der Waals surface area contributed by atoms with Crippen molar-refractivity contribution >= 4 is 5.91 Å². The first-order valence-corrected chi connectivity index (χ1v) is 6.56. The summed E-state index contributed by atoms with van der Waals surface area (Å²) in [6, 6.07) is 3.74. The maximum absolute atomic E-state index is 12.1. The molecule has 19 heavy (non-hydrogen) atoms. The number of H-pyrrole nitrogens is 1. The molecular weight excluding hydrogens is 240 g/mol. The van der Waals surface area contributed by atoms with Gasteiger partial charge in [-0.1, -0.05) is 6.42 Å². The Morgan fingerprint density at radius 3 is 2.84 bits per heavy atom. The zero-order valence-electron chi connectivity index (χ0n) is 10.6. The van der Waals surface area contributed by atoms with Crippen LogP contribution in [0.25, 0.3) is 11.1 Å². The molecule has 98 valence electrons. The normalized spacial score (nSPS) is 14.9. The molecular formula is C14H16N4O. The van der Waals surface area contributed by atoms with Crippen LogP contribution in [-0.2, 0) is 0 Å². The number of aromatic amines is 1. The molecule has 5 nitrogen and oxygen atoms in total. The molecule has 5 heteroatoms. The first-order chi connectivity index (χ1) is 9.34. The van der Waals surface area contributed by atoms with Gasteiger partial charge < -0.3 is 5.32 Å². The second-order valence-electron chi connectivity index (χ2n) is 4.90. The van der Waals surface area contributed by atoms with E-state index in [9.17, 15) is 4.79 Å². The van der Waals surface area contributed by atoms with E-state index in [1.807, 2.05) is 12.1 Å². The highest BCUT2D eigenvalue weighted by molar-refractivity contribution is 5.98. The second kappa shape index (κ2) is 5.22. The van der Waals surface area contributed by atoms with E-state index in [4.69, 9.17) is 0 Å². The molecule has 0 saturated heterocycles. The van der Waals surface area contributed by atoms with Gasteiger partial charge in [0.15, 0.2) is 0 Å². The number of carbonyl (C=O) groups excluding carboxylic acids is 1. The standard InChI is InChI=1S/C14H16N4O/c19-14(16-8-10-2-1-3-10)13-12(9-17-18-13)11-4-6-15-7-5-11/h4-7,9-10H,1-3,8H2,(H,16,19)(H,17,18). The summed E-state index contributed by atoms with van der Waals surface area (Å²) in [7, 11) is 0. The molecule has 1 aliphatic rings. The van der Waals surface area contributed by atoms with Gasteiger partial charge in [0, 0.05) is 24.5 Å². The largest absolute Gasteiger partial charge is 0.350 e. The number of carbonyl (C=O) groups is 1. The number of rotatable bonds is 4. The van der Waals surface area contributed by atoms with Crippen LogP contribution in [0.1, 0.15) is 29.8 Å². The van der Waals surface area contributed by atoms with Gasteiger partial charge in [-0.15, -0.1) is 0 Å². The minimum absolute atomic E-state index is 0.0868. The lowest BCUT2D eigenvalue weighted by molar-refractivity contribution is 0.0934. The lowest BCUT2D eigenvalue weighted by atomic mass is 9.85. The number of amides is 1. The van der Waals surface area contributed by atoms with Crippen molar-refractivity contribution in [3.8, 4) is 11.1 Å². The number of aromatic nitrogens is 3. The fraction of sp³-hybridized carbons (Fsp3) is 0.357. The summed E-state index contributed by atoms with van der Waals surface area (Å²) in [5.41, 5.74) is 2.27. The van der Waals surface area contributed by atoms with Crippen LogP contribution in [0.15, 0.2) is 30.7 Å². The summed E-state index contributed by atoms with van der Waals surface area (Å²) >= 11 is 0. The Labute approximate surface area is 111 Å². The zero-order valence-corrected chi connectivity index (χ0v) is 10.6. The first-order valence-electron chi connectivity index (χ1n) is 6.56. The van der Waals surface area contributed by atoms with Crippen molar-refractivity contribution in [1.82, 2.24) is 20.5 Å². The number of pyridine rings is 1. The third-order valence-electron chi connectivity index (χ3n) is 3.63. The second-order valence-corrected chi connectivity index (χ2v) is 4.90. The molecule has 3 rings (SSSR count). The molecule has 2 N–H and O–H groups in total. The average Bonchev–Trinajstić information content (AvgIpc) is 2.87. The van der Waals surface area contributed by atoms with Crippen molar-refractivity contribution in [2.24, 2.45) is 5.92 Å². The van der Waals surface area contributed by atoms with Crippen molar-refractivity contribution < 1.29 is 4.79 Å². The Kier molecular flexibility index (Phi) is 3.27. The van der Waals surface area contributed by atoms with Crippen molar-refractivity contribution in [3.63, 3.8) is 0 Å². The van der Waals surface area contributed by atoms with Crippen LogP contribution in [0, 0.1) is 5.92 Å². The van der Waals surface area contributed by atoms with Gasteiger partial charge in [-0.2, -0.15) is 5.10 Å². The monoisotopic (exact) mass is 256 g/mol. The predicted octanol–water partition coefficient (Wildman–Crippen LogP) is 2.00. The average molecular weight is 256 g/mol. The van der Waals surface area contributed by atoms with Gasteiger partial charge in [0.1, 0.15) is 5.69 Å². The Morgan fingerprint density at radius 2 is 2.16 bits per heavy atom. The Balaban J connectivity index is 1.74. The molecule has 2 aromatic heterocycles. The fourth-order valence-corrected chi connectivity index (χ4v) is 2.23. The van der Waals surface area contributed by atoms with Gasteiger partial charge in [-0.05, 0) is 36.5 Å². The van der Waals surface area contributed by atoms with Gasteiger partial charge >= 0.3 is 0 Å². The highest BCUT2D eigenvalue weighted by Crippen LogP contribution is 2.25. The highest BCUT2D eigenvalue weighted by Gasteiger charge is 2.20. The van der Waals surface area contributed by atoms with Gasteiger partial charge in [-0.25, -0.2) is 0 Å². The van der Waals surface area contributed by atoms with E-state index < -0.39 is 0 Å². The number of nitrogens with zero attached hydrogens (tertiary/aromatic N) is 2. The van der Waals surface area contributed by atoms with Crippen molar-refractivity contribution in [1.29, 1.82) is 0 Å². The number of hydrogen-bond donors (Lipinski definition) is 2. The number of nitrogens with one attached hydrogen (secondary N) is 2. The van der Waals surface area contributed by atoms with Crippen LogP contribution in [0.3, 0.4) is 0 Å². The van der Waals surface area contributed by atoms with Gasteiger partial charge in [0.2, 0.25) is 0 Å². The Bertz CT molecular complexity index is 560. The van der Waals surface area contributed by atoms with Crippen LogP contribution in [0.5, 0.6) is 0 Å². The molecule has 0 aliphatic heterocycles. The molecule has 0 aromatic carbocycles. The third-order valence-corrected chi connectivity index (χ3v) is 3.63. The van der Waals surface area contributed by atoms with E-state index in [1.165, 1.54) is 19.3 Å². The summed E-state index contributed by atoms with van der Waals surface area (Å²) < 4.78 is 0. The van der Waals surface area contributed by atoms with Crippen molar-refractivity contribution in [2.75, 3.05) is 6.54 Å². The molecule has 2 heterocycles. The van der Waals surface area contributed by atoms with Crippen molar-refractivity contribution in [2.45, 2.75) is 19.3 Å². The van der Waals surface area contributed by atoms with E-state index in [0.29, 0.717) is 11.6 Å².